The van der Waals surface area contributed by atoms with Crippen LogP contribution in [0.15, 0.2) is 83.3 Å². The Morgan fingerprint density at radius 2 is 1.89 bits per heavy atom. The Hall–Kier alpha value is -3.83. The summed E-state index contributed by atoms with van der Waals surface area (Å²) in [7, 11) is 0. The van der Waals surface area contributed by atoms with Gasteiger partial charge in [0.25, 0.3) is 5.91 Å². The van der Waals surface area contributed by atoms with Gasteiger partial charge in [0.2, 0.25) is 5.89 Å². The molecule has 0 saturated heterocycles. The summed E-state index contributed by atoms with van der Waals surface area (Å²) in [5, 5.41) is 5.26. The molecule has 1 atom stereocenters. The molecule has 0 aliphatic rings. The van der Waals surface area contributed by atoms with Gasteiger partial charge in [-0.05, 0) is 59.7 Å². The monoisotopic (exact) mass is 484 g/mol. The van der Waals surface area contributed by atoms with Crippen LogP contribution < -0.4 is 10.1 Å². The summed E-state index contributed by atoms with van der Waals surface area (Å²) in [5.74, 6) is 1.27. The number of hydrogen-bond acceptors (Lipinski definition) is 4. The van der Waals surface area contributed by atoms with Crippen LogP contribution in [-0.2, 0) is 4.79 Å². The lowest BCUT2D eigenvalue weighted by Crippen LogP contribution is -2.20. The lowest BCUT2D eigenvalue weighted by atomic mass is 9.98. The molecule has 0 unspecified atom stereocenters. The van der Waals surface area contributed by atoms with Gasteiger partial charge in [0.1, 0.15) is 11.3 Å². The van der Waals surface area contributed by atoms with Gasteiger partial charge < -0.3 is 14.5 Å². The van der Waals surface area contributed by atoms with Crippen molar-refractivity contribution in [2.75, 3.05) is 11.9 Å². The standard InChI is InChI=1S/C29H25ClN2O3/c1-3-18(2)20-12-14-27-25(15-20)32-29(35-27)21-11-13-23(30)24(16-21)31-28(33)17-34-26-10-6-8-19-7-4-5-9-22(19)26/h4-16,18H,3,17H2,1-2H3,(H,31,33)/t18-/m0/s1. The summed E-state index contributed by atoms with van der Waals surface area (Å²) >= 11 is 6.37. The fraction of sp³-hybridized carbons (Fsp3) is 0.172. The quantitative estimate of drug-likeness (QED) is 0.255. The zero-order valence-corrected chi connectivity index (χ0v) is 20.3. The average molecular weight is 485 g/mol. The van der Waals surface area contributed by atoms with E-state index in [1.54, 1.807) is 12.1 Å². The Balaban J connectivity index is 1.33. The number of amides is 1. The third-order valence-corrected chi connectivity index (χ3v) is 6.52. The summed E-state index contributed by atoms with van der Waals surface area (Å²) in [6, 6.07) is 25.1. The van der Waals surface area contributed by atoms with Crippen molar-refractivity contribution in [3.05, 3.63) is 89.4 Å². The van der Waals surface area contributed by atoms with Gasteiger partial charge in [0, 0.05) is 10.9 Å². The first-order valence-corrected chi connectivity index (χ1v) is 12.0. The Labute approximate surface area is 208 Å². The minimum absolute atomic E-state index is 0.143. The Bertz CT molecular complexity index is 1520. The van der Waals surface area contributed by atoms with Gasteiger partial charge in [0.15, 0.2) is 12.2 Å². The molecule has 0 bridgehead atoms. The first kappa shape index (κ1) is 22.9. The minimum atomic E-state index is -0.312. The summed E-state index contributed by atoms with van der Waals surface area (Å²) in [5.41, 5.74) is 3.95. The molecule has 5 aromatic rings. The topological polar surface area (TPSA) is 64.4 Å². The number of fused-ring (bicyclic) bond motifs is 2. The summed E-state index contributed by atoms with van der Waals surface area (Å²) in [6.45, 7) is 4.22. The van der Waals surface area contributed by atoms with Crippen LogP contribution in [0.2, 0.25) is 5.02 Å². The molecule has 0 aliphatic carbocycles. The van der Waals surface area contributed by atoms with Crippen LogP contribution in [0.3, 0.4) is 0 Å². The van der Waals surface area contributed by atoms with Crippen molar-refractivity contribution >= 4 is 45.1 Å². The maximum absolute atomic E-state index is 12.7. The highest BCUT2D eigenvalue weighted by Gasteiger charge is 2.14. The smallest absolute Gasteiger partial charge is 0.262 e. The number of carbonyl (C=O) groups excluding carboxylic acids is 1. The van der Waals surface area contributed by atoms with Gasteiger partial charge in [-0.2, -0.15) is 0 Å². The number of anilines is 1. The van der Waals surface area contributed by atoms with Crippen LogP contribution in [0.5, 0.6) is 5.75 Å². The Kier molecular flexibility index (Phi) is 6.43. The highest BCUT2D eigenvalue weighted by atomic mass is 35.5. The number of carbonyl (C=O) groups is 1. The van der Waals surface area contributed by atoms with Gasteiger partial charge in [0.05, 0.1) is 10.7 Å². The predicted molar refractivity (Wildman–Crippen MR) is 141 cm³/mol. The van der Waals surface area contributed by atoms with Crippen molar-refractivity contribution < 1.29 is 13.9 Å². The lowest BCUT2D eigenvalue weighted by molar-refractivity contribution is -0.118. The van der Waals surface area contributed by atoms with Crippen molar-refractivity contribution in [1.29, 1.82) is 0 Å². The lowest BCUT2D eigenvalue weighted by Gasteiger charge is -2.11. The number of hydrogen-bond donors (Lipinski definition) is 1. The van der Waals surface area contributed by atoms with Crippen molar-refractivity contribution in [3.63, 3.8) is 0 Å². The minimum Gasteiger partial charge on any atom is -0.483 e. The molecule has 1 N–H and O–H groups in total. The van der Waals surface area contributed by atoms with E-state index in [2.05, 4.69) is 36.3 Å². The number of halogens is 1. The second kappa shape index (κ2) is 9.80. The molecule has 1 heterocycles. The molecule has 0 saturated carbocycles. The number of nitrogens with one attached hydrogen (secondary N) is 1. The van der Waals surface area contributed by atoms with Crippen molar-refractivity contribution in [3.8, 4) is 17.2 Å². The van der Waals surface area contributed by atoms with Gasteiger partial charge in [-0.15, -0.1) is 0 Å². The molecular formula is C29H25ClN2O3. The van der Waals surface area contributed by atoms with Gasteiger partial charge in [-0.3, -0.25) is 4.79 Å². The molecule has 176 valence electrons. The van der Waals surface area contributed by atoms with E-state index in [1.165, 1.54) is 5.56 Å². The van der Waals surface area contributed by atoms with E-state index in [0.29, 0.717) is 28.3 Å². The zero-order chi connectivity index (χ0) is 24.4. The third kappa shape index (κ3) is 4.86. The zero-order valence-electron chi connectivity index (χ0n) is 19.5. The van der Waals surface area contributed by atoms with Crippen LogP contribution in [0.4, 0.5) is 5.69 Å². The average Bonchev–Trinajstić information content (AvgIpc) is 3.31. The first-order chi connectivity index (χ1) is 17.0. The van der Waals surface area contributed by atoms with E-state index in [4.69, 9.17) is 20.8 Å². The normalized spacial score (nSPS) is 12.1. The summed E-state index contributed by atoms with van der Waals surface area (Å²) in [6.07, 6.45) is 1.06. The van der Waals surface area contributed by atoms with Crippen LogP contribution in [0.1, 0.15) is 31.7 Å². The number of oxazole rings is 1. The Morgan fingerprint density at radius 3 is 2.74 bits per heavy atom. The van der Waals surface area contributed by atoms with Crippen LogP contribution in [-0.4, -0.2) is 17.5 Å². The third-order valence-electron chi connectivity index (χ3n) is 6.19. The van der Waals surface area contributed by atoms with Gasteiger partial charge in [-0.1, -0.05) is 67.9 Å². The highest BCUT2D eigenvalue weighted by Crippen LogP contribution is 2.32. The van der Waals surface area contributed by atoms with Crippen molar-refractivity contribution in [2.45, 2.75) is 26.2 Å². The number of ether oxygens (including phenoxy) is 1. The van der Waals surface area contributed by atoms with E-state index in [-0.39, 0.29) is 12.5 Å². The second-order valence-corrected chi connectivity index (χ2v) is 8.97. The molecule has 4 aromatic carbocycles. The van der Waals surface area contributed by atoms with Crippen molar-refractivity contribution in [1.82, 2.24) is 4.98 Å². The number of aromatic nitrogens is 1. The number of benzene rings is 4. The summed E-state index contributed by atoms with van der Waals surface area (Å²) < 4.78 is 11.8. The van der Waals surface area contributed by atoms with Crippen molar-refractivity contribution in [2.24, 2.45) is 0 Å². The largest absolute Gasteiger partial charge is 0.483 e. The molecule has 0 fully saturated rings. The molecule has 0 radical (unpaired) electrons. The maximum Gasteiger partial charge on any atom is 0.262 e. The van der Waals surface area contributed by atoms with E-state index < -0.39 is 0 Å². The molecule has 0 aliphatic heterocycles. The fourth-order valence-electron chi connectivity index (χ4n) is 4.02. The van der Waals surface area contributed by atoms with E-state index in [1.807, 2.05) is 54.6 Å². The Morgan fingerprint density at radius 1 is 1.06 bits per heavy atom. The van der Waals surface area contributed by atoms with Gasteiger partial charge in [-0.25, -0.2) is 4.98 Å². The van der Waals surface area contributed by atoms with E-state index in [9.17, 15) is 4.79 Å². The molecule has 5 nitrogen and oxygen atoms in total. The van der Waals surface area contributed by atoms with Gasteiger partial charge >= 0.3 is 0 Å². The maximum atomic E-state index is 12.7. The van der Waals surface area contributed by atoms with E-state index in [0.717, 1.165) is 33.9 Å². The first-order valence-electron chi connectivity index (χ1n) is 11.6. The van der Waals surface area contributed by atoms with E-state index >= 15 is 0 Å². The van der Waals surface area contributed by atoms with Crippen LogP contribution in [0, 0.1) is 0 Å². The number of rotatable bonds is 7. The van der Waals surface area contributed by atoms with Crippen LogP contribution >= 0.6 is 11.6 Å². The summed E-state index contributed by atoms with van der Waals surface area (Å²) in [4.78, 5) is 17.3. The fourth-order valence-corrected chi connectivity index (χ4v) is 4.18. The highest BCUT2D eigenvalue weighted by molar-refractivity contribution is 6.33. The second-order valence-electron chi connectivity index (χ2n) is 8.56. The molecule has 0 spiro atoms. The number of nitrogens with zero attached hydrogens (tertiary/aromatic N) is 1. The molecule has 6 heteroatoms. The molecule has 35 heavy (non-hydrogen) atoms. The molecule has 5 rings (SSSR count). The predicted octanol–water partition coefficient (Wildman–Crippen LogP) is 7.83. The molecular weight excluding hydrogens is 460 g/mol. The SMILES string of the molecule is CC[C@H](C)c1ccc2oc(-c3ccc(Cl)c(NC(=O)COc4cccc5ccccc45)c3)nc2c1. The molecule has 1 aromatic heterocycles. The van der Waals surface area contributed by atoms with Crippen LogP contribution in [0.25, 0.3) is 33.3 Å². The molecule has 1 amide bonds.